The zero-order chi connectivity index (χ0) is 22.4. The highest BCUT2D eigenvalue weighted by molar-refractivity contribution is 7.92. The first kappa shape index (κ1) is 22.0. The Morgan fingerprint density at radius 3 is 1.94 bits per heavy atom. The molecular formula is C23H21NO6S. The van der Waals surface area contributed by atoms with Crippen LogP contribution >= 0.6 is 0 Å². The number of para-hydroxylation sites is 1. The lowest BCUT2D eigenvalue weighted by molar-refractivity contribution is 0.0319. The van der Waals surface area contributed by atoms with Crippen LogP contribution in [-0.4, -0.2) is 32.5 Å². The van der Waals surface area contributed by atoms with Crippen LogP contribution in [-0.2, 0) is 14.8 Å². The van der Waals surface area contributed by atoms with Crippen molar-refractivity contribution in [3.8, 4) is 11.5 Å². The number of nitrogens with one attached hydrogen (secondary N) is 1. The fraction of sp³-hybridized carbons (Fsp3) is 0.130. The number of sulfonamides is 1. The monoisotopic (exact) mass is 439 g/mol. The van der Waals surface area contributed by atoms with Crippen molar-refractivity contribution < 1.29 is 27.5 Å². The van der Waals surface area contributed by atoms with Crippen LogP contribution in [0.3, 0.4) is 0 Å². The maximum Gasteiger partial charge on any atom is 0.338 e. The van der Waals surface area contributed by atoms with Gasteiger partial charge in [0.1, 0.15) is 11.5 Å². The van der Waals surface area contributed by atoms with E-state index in [9.17, 15) is 18.0 Å². The molecule has 1 unspecified atom stereocenters. The average molecular weight is 439 g/mol. The van der Waals surface area contributed by atoms with Crippen LogP contribution in [0.2, 0.25) is 0 Å². The first-order valence-electron chi connectivity index (χ1n) is 9.37. The zero-order valence-electron chi connectivity index (χ0n) is 16.9. The maximum absolute atomic E-state index is 12.5. The number of carbonyl (C=O) groups is 2. The number of Topliss-reactive ketones (excluding diaryl/α,β-unsaturated/α-hetero) is 1. The molecule has 3 rings (SSSR count). The summed E-state index contributed by atoms with van der Waals surface area (Å²) in [5, 5.41) is 0. The predicted octanol–water partition coefficient (Wildman–Crippen LogP) is 4.28. The minimum absolute atomic E-state index is 0.285. The van der Waals surface area contributed by atoms with E-state index in [-0.39, 0.29) is 5.56 Å². The molecule has 3 aromatic rings. The number of anilines is 1. The molecule has 0 heterocycles. The average Bonchev–Trinajstić information content (AvgIpc) is 2.74. The predicted molar refractivity (Wildman–Crippen MR) is 117 cm³/mol. The third-order valence-corrected chi connectivity index (χ3v) is 4.80. The van der Waals surface area contributed by atoms with Gasteiger partial charge >= 0.3 is 5.97 Å². The zero-order valence-corrected chi connectivity index (χ0v) is 17.8. The van der Waals surface area contributed by atoms with Crippen molar-refractivity contribution in [2.75, 3.05) is 11.0 Å². The molecule has 1 N–H and O–H groups in total. The van der Waals surface area contributed by atoms with Crippen LogP contribution < -0.4 is 9.46 Å². The summed E-state index contributed by atoms with van der Waals surface area (Å²) in [5.74, 6) is 0.204. The maximum atomic E-state index is 12.5. The number of carbonyl (C=O) groups excluding carboxylic acids is 2. The molecule has 31 heavy (non-hydrogen) atoms. The summed E-state index contributed by atoms with van der Waals surface area (Å²) >= 11 is 0. The highest BCUT2D eigenvalue weighted by Crippen LogP contribution is 2.22. The van der Waals surface area contributed by atoms with E-state index in [0.29, 0.717) is 22.7 Å². The summed E-state index contributed by atoms with van der Waals surface area (Å²) in [6.45, 7) is 1.48. The third-order valence-electron chi connectivity index (χ3n) is 4.19. The summed E-state index contributed by atoms with van der Waals surface area (Å²) in [6.07, 6.45) is 0.0231. The molecule has 0 aliphatic heterocycles. The summed E-state index contributed by atoms with van der Waals surface area (Å²) in [4.78, 5) is 24.9. The van der Waals surface area contributed by atoms with E-state index >= 15 is 0 Å². The quantitative estimate of drug-likeness (QED) is 0.416. The van der Waals surface area contributed by atoms with E-state index < -0.39 is 27.9 Å². The van der Waals surface area contributed by atoms with Crippen LogP contribution in [0.1, 0.15) is 27.6 Å². The van der Waals surface area contributed by atoms with Gasteiger partial charge in [0.05, 0.1) is 11.8 Å². The Morgan fingerprint density at radius 2 is 1.35 bits per heavy atom. The van der Waals surface area contributed by atoms with Crippen LogP contribution in [0, 0.1) is 0 Å². The van der Waals surface area contributed by atoms with Gasteiger partial charge in [0.2, 0.25) is 15.8 Å². The molecule has 0 spiro atoms. The minimum atomic E-state index is -3.41. The van der Waals surface area contributed by atoms with E-state index in [1.165, 1.54) is 31.2 Å². The second-order valence-corrected chi connectivity index (χ2v) is 8.55. The topological polar surface area (TPSA) is 98.8 Å². The molecule has 0 radical (unpaired) electrons. The molecule has 8 heteroatoms. The Kier molecular flexibility index (Phi) is 6.71. The summed E-state index contributed by atoms with van der Waals surface area (Å²) in [7, 11) is -3.41. The molecule has 0 aromatic heterocycles. The first-order valence-corrected chi connectivity index (χ1v) is 11.3. The van der Waals surface area contributed by atoms with Gasteiger partial charge in [-0.25, -0.2) is 13.2 Å². The second kappa shape index (κ2) is 9.44. The highest BCUT2D eigenvalue weighted by Gasteiger charge is 2.20. The van der Waals surface area contributed by atoms with Gasteiger partial charge in [-0.1, -0.05) is 18.2 Å². The number of ketones is 1. The van der Waals surface area contributed by atoms with Gasteiger partial charge < -0.3 is 9.47 Å². The number of benzene rings is 3. The summed E-state index contributed by atoms with van der Waals surface area (Å²) in [6, 6.07) is 21.5. The van der Waals surface area contributed by atoms with E-state index in [2.05, 4.69) is 4.72 Å². The summed E-state index contributed by atoms with van der Waals surface area (Å²) < 4.78 is 35.8. The van der Waals surface area contributed by atoms with Crippen LogP contribution in [0.4, 0.5) is 5.69 Å². The normalized spacial score (nSPS) is 11.9. The lowest BCUT2D eigenvalue weighted by Gasteiger charge is -2.13. The van der Waals surface area contributed by atoms with Crippen LogP contribution in [0.5, 0.6) is 11.5 Å². The van der Waals surface area contributed by atoms with E-state index in [1.54, 1.807) is 24.3 Å². The summed E-state index contributed by atoms with van der Waals surface area (Å²) in [5.41, 5.74) is 0.917. The van der Waals surface area contributed by atoms with Gasteiger partial charge in [-0.05, 0) is 67.6 Å². The Morgan fingerprint density at radius 1 is 0.806 bits per heavy atom. The van der Waals surface area contributed by atoms with Gasteiger partial charge in [0.25, 0.3) is 0 Å². The molecule has 160 valence electrons. The molecule has 0 aliphatic rings. The van der Waals surface area contributed by atoms with E-state index in [4.69, 9.17) is 9.47 Å². The molecule has 0 saturated heterocycles. The largest absolute Gasteiger partial charge is 0.457 e. The molecule has 0 fully saturated rings. The lowest BCUT2D eigenvalue weighted by Crippen LogP contribution is -2.24. The van der Waals surface area contributed by atoms with Crippen LogP contribution in [0.25, 0.3) is 0 Å². The number of rotatable bonds is 8. The molecule has 0 amide bonds. The second-order valence-electron chi connectivity index (χ2n) is 6.80. The standard InChI is InChI=1S/C23H21NO6S/c1-16(22(25)17-8-12-19(13-9-17)24-31(2,27)28)29-23(26)18-10-14-21(15-11-18)30-20-6-4-3-5-7-20/h3-16,24H,1-2H3. The third kappa shape index (κ3) is 6.42. The first-order chi connectivity index (χ1) is 14.7. The molecule has 7 nitrogen and oxygen atoms in total. The van der Waals surface area contributed by atoms with Gasteiger partial charge in [0, 0.05) is 11.3 Å². The number of hydrogen-bond donors (Lipinski definition) is 1. The van der Waals surface area contributed by atoms with Crippen molar-refractivity contribution in [2.24, 2.45) is 0 Å². The van der Waals surface area contributed by atoms with Crippen molar-refractivity contribution in [2.45, 2.75) is 13.0 Å². The van der Waals surface area contributed by atoms with Gasteiger partial charge in [0.15, 0.2) is 6.10 Å². The van der Waals surface area contributed by atoms with Crippen molar-refractivity contribution in [1.29, 1.82) is 0 Å². The molecule has 3 aromatic carbocycles. The van der Waals surface area contributed by atoms with Crippen molar-refractivity contribution in [3.05, 3.63) is 90.0 Å². The smallest absolute Gasteiger partial charge is 0.338 e. The van der Waals surface area contributed by atoms with Gasteiger partial charge in [-0.3, -0.25) is 9.52 Å². The van der Waals surface area contributed by atoms with Crippen LogP contribution in [0.15, 0.2) is 78.9 Å². The molecular weight excluding hydrogens is 418 g/mol. The number of esters is 1. The number of ether oxygens (including phenoxy) is 2. The molecule has 1 atom stereocenters. The molecule has 0 bridgehead atoms. The van der Waals surface area contributed by atoms with Crippen molar-refractivity contribution in [3.63, 3.8) is 0 Å². The highest BCUT2D eigenvalue weighted by atomic mass is 32.2. The Bertz CT molecular complexity index is 1160. The molecule has 0 saturated carbocycles. The lowest BCUT2D eigenvalue weighted by atomic mass is 10.1. The van der Waals surface area contributed by atoms with Crippen molar-refractivity contribution in [1.82, 2.24) is 0 Å². The Labute approximate surface area is 180 Å². The Balaban J connectivity index is 1.60. The fourth-order valence-corrected chi connectivity index (χ4v) is 3.28. The minimum Gasteiger partial charge on any atom is -0.457 e. The fourth-order valence-electron chi connectivity index (χ4n) is 2.72. The van der Waals surface area contributed by atoms with Gasteiger partial charge in [-0.2, -0.15) is 0 Å². The Hall–Kier alpha value is -3.65. The van der Waals surface area contributed by atoms with E-state index in [1.807, 2.05) is 30.3 Å². The molecule has 0 aliphatic carbocycles. The SMILES string of the molecule is CC(OC(=O)c1ccc(Oc2ccccc2)cc1)C(=O)c1ccc(NS(C)(=O)=O)cc1. The van der Waals surface area contributed by atoms with Gasteiger partial charge in [-0.15, -0.1) is 0 Å². The van der Waals surface area contributed by atoms with E-state index in [0.717, 1.165) is 6.26 Å². The van der Waals surface area contributed by atoms with Crippen molar-refractivity contribution >= 4 is 27.5 Å². The number of hydrogen-bond acceptors (Lipinski definition) is 6.